The Labute approximate surface area is 112 Å². The van der Waals surface area contributed by atoms with Crippen LogP contribution in [0.3, 0.4) is 0 Å². The van der Waals surface area contributed by atoms with Gasteiger partial charge in [-0.2, -0.15) is 0 Å². The Morgan fingerprint density at radius 3 is 2.68 bits per heavy atom. The SMILES string of the molecule is COc1cccnc1C(C)(N)Cc1ccccc1F. The van der Waals surface area contributed by atoms with Crippen LogP contribution in [-0.4, -0.2) is 12.1 Å². The first-order chi connectivity index (χ1) is 9.04. The van der Waals surface area contributed by atoms with Crippen molar-refractivity contribution in [3.05, 3.63) is 59.7 Å². The van der Waals surface area contributed by atoms with Gasteiger partial charge in [-0.25, -0.2) is 4.39 Å². The quantitative estimate of drug-likeness (QED) is 0.919. The van der Waals surface area contributed by atoms with Gasteiger partial charge in [0, 0.05) is 6.20 Å². The Morgan fingerprint density at radius 2 is 2.00 bits per heavy atom. The lowest BCUT2D eigenvalue weighted by Gasteiger charge is -2.26. The first kappa shape index (κ1) is 13.5. The van der Waals surface area contributed by atoms with E-state index in [-0.39, 0.29) is 5.82 Å². The number of nitrogens with zero attached hydrogens (tertiary/aromatic N) is 1. The monoisotopic (exact) mass is 260 g/mol. The molecule has 0 fully saturated rings. The molecule has 0 amide bonds. The number of aromatic nitrogens is 1. The summed E-state index contributed by atoms with van der Waals surface area (Å²) in [6.07, 6.45) is 2.01. The fourth-order valence-corrected chi connectivity index (χ4v) is 2.11. The molecule has 0 saturated carbocycles. The molecule has 19 heavy (non-hydrogen) atoms. The summed E-state index contributed by atoms with van der Waals surface area (Å²) < 4.78 is 19.0. The van der Waals surface area contributed by atoms with E-state index in [9.17, 15) is 4.39 Å². The molecule has 0 saturated heterocycles. The molecule has 0 spiro atoms. The van der Waals surface area contributed by atoms with Gasteiger partial charge in [0.05, 0.1) is 12.6 Å². The van der Waals surface area contributed by atoms with Crippen molar-refractivity contribution in [2.75, 3.05) is 7.11 Å². The number of halogens is 1. The van der Waals surface area contributed by atoms with Crippen LogP contribution in [0.5, 0.6) is 5.75 Å². The van der Waals surface area contributed by atoms with Gasteiger partial charge in [0.15, 0.2) is 0 Å². The Morgan fingerprint density at radius 1 is 1.26 bits per heavy atom. The standard InChI is InChI=1S/C15H17FN2O/c1-15(17,10-11-6-3-4-7-12(11)16)14-13(19-2)8-5-9-18-14/h3-9H,10,17H2,1-2H3. The molecule has 1 heterocycles. The highest BCUT2D eigenvalue weighted by atomic mass is 19.1. The molecule has 100 valence electrons. The van der Waals surface area contributed by atoms with Crippen molar-refractivity contribution in [3.8, 4) is 5.75 Å². The van der Waals surface area contributed by atoms with E-state index < -0.39 is 5.54 Å². The number of benzene rings is 1. The lowest BCUT2D eigenvalue weighted by atomic mass is 9.89. The summed E-state index contributed by atoms with van der Waals surface area (Å²) in [5.74, 6) is 0.359. The third-order valence-electron chi connectivity index (χ3n) is 3.05. The van der Waals surface area contributed by atoms with Crippen LogP contribution < -0.4 is 10.5 Å². The Kier molecular flexibility index (Phi) is 3.81. The van der Waals surface area contributed by atoms with Gasteiger partial charge >= 0.3 is 0 Å². The normalized spacial score (nSPS) is 13.9. The number of methoxy groups -OCH3 is 1. The highest BCUT2D eigenvalue weighted by molar-refractivity contribution is 5.34. The molecule has 0 aliphatic carbocycles. The van der Waals surface area contributed by atoms with Crippen molar-refractivity contribution < 1.29 is 9.13 Å². The van der Waals surface area contributed by atoms with Crippen molar-refractivity contribution in [3.63, 3.8) is 0 Å². The maximum Gasteiger partial charge on any atom is 0.142 e. The predicted octanol–water partition coefficient (Wildman–Crippen LogP) is 2.65. The topological polar surface area (TPSA) is 48.1 Å². The zero-order chi connectivity index (χ0) is 13.9. The minimum atomic E-state index is -0.797. The van der Waals surface area contributed by atoms with E-state index in [1.807, 2.05) is 6.92 Å². The van der Waals surface area contributed by atoms with E-state index in [4.69, 9.17) is 10.5 Å². The Bertz CT molecular complexity index is 570. The van der Waals surface area contributed by atoms with Gasteiger partial charge in [0.25, 0.3) is 0 Å². The molecule has 0 aliphatic rings. The fraction of sp³-hybridized carbons (Fsp3) is 0.267. The molecule has 2 aromatic rings. The molecule has 1 aromatic carbocycles. The smallest absolute Gasteiger partial charge is 0.142 e. The van der Waals surface area contributed by atoms with Gasteiger partial charge < -0.3 is 10.5 Å². The molecule has 1 aromatic heterocycles. The first-order valence-corrected chi connectivity index (χ1v) is 6.06. The van der Waals surface area contributed by atoms with Crippen LogP contribution in [0.2, 0.25) is 0 Å². The summed E-state index contributed by atoms with van der Waals surface area (Å²) in [6, 6.07) is 10.2. The van der Waals surface area contributed by atoms with E-state index in [0.29, 0.717) is 23.4 Å². The largest absolute Gasteiger partial charge is 0.495 e. The average Bonchev–Trinajstić information content (AvgIpc) is 2.41. The fourth-order valence-electron chi connectivity index (χ4n) is 2.11. The molecular weight excluding hydrogens is 243 g/mol. The zero-order valence-electron chi connectivity index (χ0n) is 11.1. The van der Waals surface area contributed by atoms with E-state index in [0.717, 1.165) is 0 Å². The maximum absolute atomic E-state index is 13.7. The summed E-state index contributed by atoms with van der Waals surface area (Å²) in [5.41, 5.74) is 6.70. The summed E-state index contributed by atoms with van der Waals surface area (Å²) >= 11 is 0. The Hall–Kier alpha value is -1.94. The molecule has 0 aliphatic heterocycles. The van der Waals surface area contributed by atoms with Crippen molar-refractivity contribution in [2.45, 2.75) is 18.9 Å². The highest BCUT2D eigenvalue weighted by Crippen LogP contribution is 2.29. The van der Waals surface area contributed by atoms with Crippen LogP contribution >= 0.6 is 0 Å². The summed E-state index contributed by atoms with van der Waals surface area (Å²) in [5, 5.41) is 0. The molecule has 1 atom stereocenters. The van der Waals surface area contributed by atoms with Crippen LogP contribution in [0.15, 0.2) is 42.6 Å². The van der Waals surface area contributed by atoms with Gasteiger partial charge in [0.2, 0.25) is 0 Å². The second kappa shape index (κ2) is 5.36. The van der Waals surface area contributed by atoms with E-state index >= 15 is 0 Å². The molecule has 2 rings (SSSR count). The summed E-state index contributed by atoms with van der Waals surface area (Å²) in [6.45, 7) is 1.82. The third-order valence-corrected chi connectivity index (χ3v) is 3.05. The van der Waals surface area contributed by atoms with Crippen LogP contribution in [0.1, 0.15) is 18.2 Å². The van der Waals surface area contributed by atoms with Gasteiger partial charge in [0.1, 0.15) is 17.3 Å². The molecule has 1 unspecified atom stereocenters. The molecular formula is C15H17FN2O. The van der Waals surface area contributed by atoms with E-state index in [2.05, 4.69) is 4.98 Å². The number of rotatable bonds is 4. The summed E-state index contributed by atoms with van der Waals surface area (Å²) in [4.78, 5) is 4.27. The van der Waals surface area contributed by atoms with Crippen LogP contribution in [0, 0.1) is 5.82 Å². The minimum Gasteiger partial charge on any atom is -0.495 e. The van der Waals surface area contributed by atoms with Crippen molar-refractivity contribution in [2.24, 2.45) is 5.73 Å². The second-order valence-electron chi connectivity index (χ2n) is 4.74. The molecule has 4 heteroatoms. The average molecular weight is 260 g/mol. The number of hydrogen-bond donors (Lipinski definition) is 1. The van der Waals surface area contributed by atoms with E-state index in [1.54, 1.807) is 43.6 Å². The second-order valence-corrected chi connectivity index (χ2v) is 4.74. The van der Waals surface area contributed by atoms with Crippen molar-refractivity contribution in [1.82, 2.24) is 4.98 Å². The van der Waals surface area contributed by atoms with Crippen LogP contribution in [0.25, 0.3) is 0 Å². The zero-order valence-corrected chi connectivity index (χ0v) is 11.1. The van der Waals surface area contributed by atoms with Gasteiger partial charge in [-0.15, -0.1) is 0 Å². The van der Waals surface area contributed by atoms with Gasteiger partial charge in [-0.3, -0.25) is 4.98 Å². The number of pyridine rings is 1. The van der Waals surface area contributed by atoms with E-state index in [1.165, 1.54) is 6.07 Å². The summed E-state index contributed by atoms with van der Waals surface area (Å²) in [7, 11) is 1.57. The van der Waals surface area contributed by atoms with Gasteiger partial charge in [-0.1, -0.05) is 18.2 Å². The number of nitrogens with two attached hydrogens (primary N) is 1. The lowest BCUT2D eigenvalue weighted by molar-refractivity contribution is 0.376. The molecule has 3 nitrogen and oxygen atoms in total. The minimum absolute atomic E-state index is 0.255. The van der Waals surface area contributed by atoms with Crippen molar-refractivity contribution in [1.29, 1.82) is 0 Å². The van der Waals surface area contributed by atoms with Gasteiger partial charge in [-0.05, 0) is 37.1 Å². The first-order valence-electron chi connectivity index (χ1n) is 6.06. The third kappa shape index (κ3) is 2.90. The number of hydrogen-bond acceptors (Lipinski definition) is 3. The maximum atomic E-state index is 13.7. The lowest BCUT2D eigenvalue weighted by Crippen LogP contribution is -2.37. The molecule has 2 N–H and O–H groups in total. The Balaban J connectivity index is 2.35. The molecule has 0 bridgehead atoms. The predicted molar refractivity (Wildman–Crippen MR) is 72.4 cm³/mol. The number of ether oxygens (including phenoxy) is 1. The van der Waals surface area contributed by atoms with Crippen LogP contribution in [0.4, 0.5) is 4.39 Å². The highest BCUT2D eigenvalue weighted by Gasteiger charge is 2.27. The molecule has 0 radical (unpaired) electrons. The van der Waals surface area contributed by atoms with Crippen LogP contribution in [-0.2, 0) is 12.0 Å². The van der Waals surface area contributed by atoms with Crippen molar-refractivity contribution >= 4 is 0 Å².